The summed E-state index contributed by atoms with van der Waals surface area (Å²) < 4.78 is 44.8. The second-order valence-corrected chi connectivity index (χ2v) is 25.9. The predicted octanol–water partition coefficient (Wildman–Crippen LogP) is 6.58. The summed E-state index contributed by atoms with van der Waals surface area (Å²) in [7, 11) is 0. The lowest BCUT2D eigenvalue weighted by atomic mass is 9.44. The molecule has 1 amide bonds. The van der Waals surface area contributed by atoms with Crippen LogP contribution < -0.4 is 10.9 Å². The van der Waals surface area contributed by atoms with Gasteiger partial charge in [0, 0.05) is 78.9 Å². The number of para-hydroxylation sites is 1. The van der Waals surface area contributed by atoms with Gasteiger partial charge in [0.1, 0.15) is 36.6 Å². The van der Waals surface area contributed by atoms with Crippen molar-refractivity contribution in [1.29, 1.82) is 0 Å². The number of aliphatic hydroxyl groups excluding tert-OH is 1. The van der Waals surface area contributed by atoms with E-state index in [0.29, 0.717) is 39.0 Å². The fraction of sp³-hybridized carbons (Fsp3) is 0.403. The van der Waals surface area contributed by atoms with Crippen LogP contribution in [0.5, 0.6) is 0 Å². The zero-order valence-electron chi connectivity index (χ0n) is 53.3. The average Bonchev–Trinajstić information content (AvgIpc) is 1.17. The maximum atomic E-state index is 16.6. The molecule has 1 unspecified atom stereocenters. The van der Waals surface area contributed by atoms with Gasteiger partial charge in [0.15, 0.2) is 29.2 Å². The third kappa shape index (κ3) is 11.0. The van der Waals surface area contributed by atoms with Crippen LogP contribution in [0.15, 0.2) is 142 Å². The lowest BCUT2D eigenvalue weighted by Gasteiger charge is -2.67. The number of aliphatic imine (C=N–C) groups is 1. The Labute approximate surface area is 545 Å². The first kappa shape index (κ1) is 65.5. The van der Waals surface area contributed by atoms with E-state index in [1.807, 2.05) is 18.2 Å². The number of amides is 1. The largest absolute Gasteiger partial charge is 0.461 e. The number of pyridine rings is 2. The standard InChI is InChI=1S/C72H72N4O19/c1-8-70(87)48-31-50-57-46(35-76(50)64(83)47(48)36-89-67(70)86)45(44-27-18-19-28-49(44)74-57)34-73-30-20-29-54(79)93-52-32-53-71(37-90-53,95-40(4)78)60-62(94-65(84)43-25-16-11-17-26-43)72(88)33-51(38(2)55(68(72,5)6)59(91-39(3)77)61(81)69(52,60)7)92-66(85)58(80)56(41-21-12-9-13-22-41)75-63(82)42-23-14-10-15-24-42/h9-19,21-28,31,34,51-53,56,58-60,62,80,87-88H,8,20,29-30,32-33,35-37H2,1-7H3,(H,75,82)/t51-,52-,53+,56-,58+,59+,60?,62-,69+,70+,71-,72+/m0/s1. The molecule has 0 spiro atoms. The Bertz CT molecular complexity index is 4270. The van der Waals surface area contributed by atoms with Crippen molar-refractivity contribution in [1.82, 2.24) is 14.9 Å². The average molecular weight is 1300 g/mol. The van der Waals surface area contributed by atoms with Crippen molar-refractivity contribution in [2.24, 2.45) is 21.7 Å². The number of carbonyl (C=O) groups is 8. The molecule has 4 N–H and O–H groups in total. The van der Waals surface area contributed by atoms with Gasteiger partial charge in [-0.2, -0.15) is 0 Å². The maximum absolute atomic E-state index is 16.6. The number of cyclic esters (lactones) is 1. The van der Waals surface area contributed by atoms with Crippen LogP contribution in [0.4, 0.5) is 0 Å². The van der Waals surface area contributed by atoms with Crippen LogP contribution in [0.1, 0.15) is 135 Å². The number of aliphatic hydroxyl groups is 3. The predicted molar refractivity (Wildman–Crippen MR) is 338 cm³/mol. The van der Waals surface area contributed by atoms with E-state index in [1.54, 1.807) is 118 Å². The summed E-state index contributed by atoms with van der Waals surface area (Å²) in [5, 5.41) is 41.3. The molecule has 2 bridgehead atoms. The van der Waals surface area contributed by atoms with Crippen molar-refractivity contribution in [3.05, 3.63) is 182 Å². The molecule has 12 atom stereocenters. The van der Waals surface area contributed by atoms with Crippen LogP contribution in [0, 0.1) is 16.7 Å². The van der Waals surface area contributed by atoms with E-state index in [2.05, 4.69) is 5.32 Å². The highest BCUT2D eigenvalue weighted by atomic mass is 16.6. The van der Waals surface area contributed by atoms with Gasteiger partial charge < -0.3 is 58.4 Å². The molecule has 4 aromatic carbocycles. The molecule has 3 aliphatic carbocycles. The van der Waals surface area contributed by atoms with Gasteiger partial charge in [-0.05, 0) is 79.8 Å². The fourth-order valence-corrected chi connectivity index (χ4v) is 15.2. The van der Waals surface area contributed by atoms with Gasteiger partial charge in [-0.3, -0.25) is 33.8 Å². The number of carbonyl (C=O) groups excluding carboxylic acids is 8. The highest BCUT2D eigenvalue weighted by Gasteiger charge is 2.79. The number of ketones is 1. The Kier molecular flexibility index (Phi) is 17.2. The van der Waals surface area contributed by atoms with E-state index in [0.717, 1.165) is 13.8 Å². The van der Waals surface area contributed by atoms with Crippen molar-refractivity contribution >= 4 is 64.6 Å². The zero-order chi connectivity index (χ0) is 67.7. The first-order valence-corrected chi connectivity index (χ1v) is 31.6. The van der Waals surface area contributed by atoms with Crippen LogP contribution in [-0.2, 0) is 80.7 Å². The van der Waals surface area contributed by atoms with E-state index < -0.39 is 142 Å². The number of hydrogen-bond acceptors (Lipinski definition) is 21. The SMILES string of the molecule is CC[C@]1(O)C(=O)OCc2c1cc1n(c2=O)Cc2c-1nc1ccccc1c2C=NCCCC(=O)O[C@H]1C[C@H]2OC[C@@]2(OC(C)=O)C2[C@H](OC(=O)c3ccccc3)[C@]3(O)C[C@H](OC(=O)[C@H](O)[C@@H](NC(=O)c4ccccc4)c4ccccc4)C(C)=C([C@@H](OC(C)=O)C(=O)[C@@]21C)C3(C)C. The number of rotatable bonds is 17. The first-order chi connectivity index (χ1) is 45.3. The number of nitrogens with one attached hydrogen (secondary N) is 1. The molecule has 12 rings (SSSR count). The van der Waals surface area contributed by atoms with Gasteiger partial charge in [-0.1, -0.05) is 106 Å². The molecule has 494 valence electrons. The van der Waals surface area contributed by atoms with E-state index in [4.69, 9.17) is 43.1 Å². The van der Waals surface area contributed by atoms with E-state index in [1.165, 1.54) is 30.5 Å². The minimum absolute atomic E-state index is 0.00453. The number of aromatic nitrogens is 2. The fourth-order valence-electron chi connectivity index (χ4n) is 15.2. The number of hydrogen-bond donors (Lipinski definition) is 4. The summed E-state index contributed by atoms with van der Waals surface area (Å²) in [6.45, 7) is 9.25. The van der Waals surface area contributed by atoms with Gasteiger partial charge in [0.25, 0.3) is 11.5 Å². The van der Waals surface area contributed by atoms with Crippen molar-refractivity contribution in [2.75, 3.05) is 13.2 Å². The molecule has 6 aliphatic rings. The highest BCUT2D eigenvalue weighted by molar-refractivity contribution is 6.03. The van der Waals surface area contributed by atoms with E-state index in [9.17, 15) is 53.7 Å². The number of Topliss-reactive ketones (excluding diaryl/α,β-unsaturated/α-hetero) is 1. The molecule has 23 heteroatoms. The topological polar surface area (TPSA) is 321 Å². The summed E-state index contributed by atoms with van der Waals surface area (Å²) in [5.41, 5.74) is -7.34. The molecule has 3 aliphatic heterocycles. The molecule has 6 aromatic rings. The van der Waals surface area contributed by atoms with Crippen LogP contribution in [0.3, 0.4) is 0 Å². The van der Waals surface area contributed by atoms with Crippen LogP contribution in [0.2, 0.25) is 0 Å². The molecule has 1 saturated heterocycles. The van der Waals surface area contributed by atoms with E-state index >= 15 is 4.79 Å². The molecular weight excluding hydrogens is 1220 g/mol. The minimum Gasteiger partial charge on any atom is -0.461 e. The summed E-state index contributed by atoms with van der Waals surface area (Å²) in [4.78, 5) is 139. The van der Waals surface area contributed by atoms with Crippen molar-refractivity contribution in [3.8, 4) is 11.4 Å². The highest BCUT2D eigenvalue weighted by Crippen LogP contribution is 2.65. The molecule has 3 fully saturated rings. The molecule has 2 saturated carbocycles. The number of benzene rings is 4. The van der Waals surface area contributed by atoms with Gasteiger partial charge in [-0.15, -0.1) is 0 Å². The van der Waals surface area contributed by atoms with Crippen molar-refractivity contribution in [3.63, 3.8) is 0 Å². The van der Waals surface area contributed by atoms with E-state index in [-0.39, 0.29) is 78.8 Å². The van der Waals surface area contributed by atoms with Gasteiger partial charge in [0.05, 0.1) is 58.6 Å². The summed E-state index contributed by atoms with van der Waals surface area (Å²) >= 11 is 0. The Hall–Kier alpha value is -9.55. The zero-order valence-corrected chi connectivity index (χ0v) is 53.3. The Morgan fingerprint density at radius 1 is 0.832 bits per heavy atom. The number of esters is 6. The normalized spacial score (nSPS) is 27.5. The maximum Gasteiger partial charge on any atom is 0.343 e. The molecule has 5 heterocycles. The van der Waals surface area contributed by atoms with Crippen LogP contribution in [-0.4, -0.2) is 140 Å². The third-order valence-corrected chi connectivity index (χ3v) is 20.2. The Morgan fingerprint density at radius 2 is 1.49 bits per heavy atom. The quantitative estimate of drug-likeness (QED) is 0.0246. The smallest absolute Gasteiger partial charge is 0.343 e. The lowest BCUT2D eigenvalue weighted by molar-refractivity contribution is -0.346. The summed E-state index contributed by atoms with van der Waals surface area (Å²) in [6, 6.07) is 31.6. The first-order valence-electron chi connectivity index (χ1n) is 31.6. The van der Waals surface area contributed by atoms with Crippen LogP contribution in [0.25, 0.3) is 22.3 Å². The lowest BCUT2D eigenvalue weighted by Crippen LogP contribution is -2.82. The second-order valence-electron chi connectivity index (χ2n) is 25.9. The monoisotopic (exact) mass is 1300 g/mol. The number of ether oxygens (including phenoxy) is 7. The minimum atomic E-state index is -2.54. The molecule has 95 heavy (non-hydrogen) atoms. The molecular formula is C72H72N4O19. The number of fused-ring (bicyclic) bond motifs is 10. The Balaban J connectivity index is 0.891. The van der Waals surface area contributed by atoms with Crippen molar-refractivity contribution in [2.45, 2.75) is 153 Å². The summed E-state index contributed by atoms with van der Waals surface area (Å²) in [6.07, 6.45) is -9.92. The van der Waals surface area contributed by atoms with Gasteiger partial charge >= 0.3 is 35.8 Å². The number of nitrogens with zero attached hydrogens (tertiary/aromatic N) is 3. The Morgan fingerprint density at radius 3 is 2.15 bits per heavy atom. The second kappa shape index (κ2) is 25.0. The van der Waals surface area contributed by atoms with Gasteiger partial charge in [0.2, 0.25) is 0 Å². The summed E-state index contributed by atoms with van der Waals surface area (Å²) in [5.74, 6) is -9.04. The third-order valence-electron chi connectivity index (χ3n) is 20.2. The molecule has 23 nitrogen and oxygen atoms in total. The molecule has 0 radical (unpaired) electrons. The van der Waals surface area contributed by atoms with Crippen LogP contribution >= 0.6 is 0 Å². The van der Waals surface area contributed by atoms with Crippen molar-refractivity contribution < 1.29 is 86.8 Å². The van der Waals surface area contributed by atoms with Gasteiger partial charge in [-0.25, -0.2) is 19.4 Å². The molecule has 2 aromatic heterocycles.